The molecule has 1 amide bonds. The molecule has 0 aliphatic carbocycles. The number of carbonyl (C=O) groups excluding carboxylic acids is 2. The van der Waals surface area contributed by atoms with Gasteiger partial charge in [0.05, 0.1) is 0 Å². The predicted molar refractivity (Wildman–Crippen MR) is 71.5 cm³/mol. The van der Waals surface area contributed by atoms with E-state index in [1.54, 1.807) is 21.6 Å². The maximum absolute atomic E-state index is 11.3. The highest BCUT2D eigenvalue weighted by molar-refractivity contribution is 8.76. The maximum atomic E-state index is 11.3. The van der Waals surface area contributed by atoms with E-state index in [-0.39, 0.29) is 11.7 Å². The summed E-state index contributed by atoms with van der Waals surface area (Å²) in [4.78, 5) is 22.2. The molecule has 0 unspecified atom stereocenters. The largest absolute Gasteiger partial charge is 0.355 e. The van der Waals surface area contributed by atoms with Crippen LogP contribution in [0.2, 0.25) is 0 Å². The van der Waals surface area contributed by atoms with E-state index in [0.29, 0.717) is 32.4 Å². The van der Waals surface area contributed by atoms with Crippen LogP contribution in [0, 0.1) is 0 Å². The van der Waals surface area contributed by atoms with E-state index in [1.165, 1.54) is 0 Å². The summed E-state index contributed by atoms with van der Waals surface area (Å²) < 4.78 is 0. The number of Topliss-reactive ketones (excluding diaryl/α,β-unsaturated/α-hetero) is 1. The van der Waals surface area contributed by atoms with Gasteiger partial charge in [0, 0.05) is 43.9 Å². The molecule has 0 spiro atoms. The molecule has 4 nitrogen and oxygen atoms in total. The predicted octanol–water partition coefficient (Wildman–Crippen LogP) is 1.20. The van der Waals surface area contributed by atoms with Gasteiger partial charge in [0.1, 0.15) is 5.78 Å². The minimum atomic E-state index is -0.0359. The molecule has 0 aromatic heterocycles. The summed E-state index contributed by atoms with van der Waals surface area (Å²) in [5.41, 5.74) is 5.34. The fraction of sp³-hybridized carbons (Fsp3) is 0.800. The van der Waals surface area contributed by atoms with Crippen molar-refractivity contribution >= 4 is 33.3 Å². The summed E-state index contributed by atoms with van der Waals surface area (Å²) in [5.74, 6) is 1.91. The third kappa shape index (κ3) is 10.3. The first-order valence-corrected chi connectivity index (χ1v) is 7.92. The zero-order valence-corrected chi connectivity index (χ0v) is 11.3. The number of amides is 1. The molecule has 94 valence electrons. The van der Waals surface area contributed by atoms with Crippen molar-refractivity contribution in [3.63, 3.8) is 0 Å². The molecule has 0 aliphatic rings. The van der Waals surface area contributed by atoms with Gasteiger partial charge in [0.15, 0.2) is 0 Å². The summed E-state index contributed by atoms with van der Waals surface area (Å²) >= 11 is 0. The fourth-order valence-corrected chi connectivity index (χ4v) is 2.68. The van der Waals surface area contributed by atoms with Gasteiger partial charge in [-0.1, -0.05) is 28.5 Å². The summed E-state index contributed by atoms with van der Waals surface area (Å²) in [6.07, 6.45) is 1.18. The lowest BCUT2D eigenvalue weighted by Crippen LogP contribution is -2.25. The molecular weight excluding hydrogens is 244 g/mol. The van der Waals surface area contributed by atoms with Crippen LogP contribution in [0.25, 0.3) is 0 Å². The van der Waals surface area contributed by atoms with E-state index in [4.69, 9.17) is 5.73 Å². The van der Waals surface area contributed by atoms with E-state index >= 15 is 0 Å². The van der Waals surface area contributed by atoms with Crippen LogP contribution in [0.4, 0.5) is 0 Å². The summed E-state index contributed by atoms with van der Waals surface area (Å²) in [7, 11) is 3.42. The third-order valence-electron chi connectivity index (χ3n) is 1.82. The van der Waals surface area contributed by atoms with Crippen LogP contribution in [0.15, 0.2) is 0 Å². The Kier molecular flexibility index (Phi) is 11.1. The van der Waals surface area contributed by atoms with E-state index in [2.05, 4.69) is 5.32 Å². The van der Waals surface area contributed by atoms with Crippen molar-refractivity contribution in [2.75, 3.05) is 24.6 Å². The van der Waals surface area contributed by atoms with Crippen molar-refractivity contribution < 1.29 is 9.59 Å². The van der Waals surface area contributed by atoms with Crippen LogP contribution < -0.4 is 11.1 Å². The Morgan fingerprint density at radius 3 is 2.50 bits per heavy atom. The van der Waals surface area contributed by atoms with Gasteiger partial charge in [-0.15, -0.1) is 0 Å². The standard InChI is InChI=1S/C10H20N2O2S2/c1-2-9(13)3-4-10(14)12-6-8-16-15-7-5-11/h2-8,11H2,1H3,(H,12,14). The molecule has 0 atom stereocenters. The Morgan fingerprint density at radius 1 is 1.19 bits per heavy atom. The second-order valence-electron chi connectivity index (χ2n) is 3.17. The van der Waals surface area contributed by atoms with Crippen LogP contribution in [0.5, 0.6) is 0 Å². The van der Waals surface area contributed by atoms with Gasteiger partial charge in [-0.2, -0.15) is 0 Å². The highest BCUT2D eigenvalue weighted by Gasteiger charge is 2.04. The average Bonchev–Trinajstić information content (AvgIpc) is 2.30. The van der Waals surface area contributed by atoms with Crippen molar-refractivity contribution in [1.29, 1.82) is 0 Å². The quantitative estimate of drug-likeness (QED) is 0.458. The van der Waals surface area contributed by atoms with Gasteiger partial charge in [0.25, 0.3) is 0 Å². The van der Waals surface area contributed by atoms with Crippen LogP contribution in [-0.4, -0.2) is 36.3 Å². The Hall–Kier alpha value is -0.200. The Morgan fingerprint density at radius 2 is 1.88 bits per heavy atom. The maximum Gasteiger partial charge on any atom is 0.220 e. The van der Waals surface area contributed by atoms with Crippen molar-refractivity contribution in [3.05, 3.63) is 0 Å². The first-order chi connectivity index (χ1) is 7.70. The minimum Gasteiger partial charge on any atom is -0.355 e. The highest BCUT2D eigenvalue weighted by Crippen LogP contribution is 2.18. The molecule has 3 N–H and O–H groups in total. The molecule has 0 saturated carbocycles. The van der Waals surface area contributed by atoms with Crippen LogP contribution in [0.3, 0.4) is 0 Å². The van der Waals surface area contributed by atoms with Crippen molar-refractivity contribution in [2.24, 2.45) is 5.73 Å². The number of carbonyl (C=O) groups is 2. The molecule has 0 aromatic carbocycles. The van der Waals surface area contributed by atoms with E-state index in [0.717, 1.165) is 11.5 Å². The molecule has 16 heavy (non-hydrogen) atoms. The second-order valence-corrected chi connectivity index (χ2v) is 5.88. The number of hydrogen-bond acceptors (Lipinski definition) is 5. The molecule has 6 heteroatoms. The number of ketones is 1. The van der Waals surface area contributed by atoms with Crippen LogP contribution in [-0.2, 0) is 9.59 Å². The lowest BCUT2D eigenvalue weighted by atomic mass is 10.2. The van der Waals surface area contributed by atoms with Gasteiger partial charge in [-0.05, 0) is 0 Å². The lowest BCUT2D eigenvalue weighted by molar-refractivity contribution is -0.125. The SMILES string of the molecule is CCC(=O)CCC(=O)NCCSSCCN. The van der Waals surface area contributed by atoms with E-state index < -0.39 is 0 Å². The van der Waals surface area contributed by atoms with Crippen molar-refractivity contribution in [1.82, 2.24) is 5.32 Å². The molecule has 0 rings (SSSR count). The van der Waals surface area contributed by atoms with Gasteiger partial charge in [0.2, 0.25) is 5.91 Å². The molecule has 0 saturated heterocycles. The number of nitrogens with one attached hydrogen (secondary N) is 1. The number of rotatable bonds is 10. The molecule has 0 fully saturated rings. The molecule has 0 aliphatic heterocycles. The summed E-state index contributed by atoms with van der Waals surface area (Å²) in [6.45, 7) is 3.15. The zero-order chi connectivity index (χ0) is 12.2. The highest BCUT2D eigenvalue weighted by atomic mass is 33.1. The molecule has 0 radical (unpaired) electrons. The Labute approximate surface area is 105 Å². The van der Waals surface area contributed by atoms with Gasteiger partial charge in [-0.25, -0.2) is 0 Å². The smallest absolute Gasteiger partial charge is 0.220 e. The topological polar surface area (TPSA) is 72.2 Å². The van der Waals surface area contributed by atoms with Gasteiger partial charge >= 0.3 is 0 Å². The van der Waals surface area contributed by atoms with Crippen LogP contribution >= 0.6 is 21.6 Å². The summed E-state index contributed by atoms with van der Waals surface area (Å²) in [6, 6.07) is 0. The molecule has 0 heterocycles. The Balaban J connectivity index is 3.27. The second kappa shape index (κ2) is 11.3. The number of nitrogens with two attached hydrogens (primary N) is 1. The van der Waals surface area contributed by atoms with Crippen molar-refractivity contribution in [3.8, 4) is 0 Å². The monoisotopic (exact) mass is 264 g/mol. The van der Waals surface area contributed by atoms with Crippen molar-refractivity contribution in [2.45, 2.75) is 26.2 Å². The lowest BCUT2D eigenvalue weighted by Gasteiger charge is -2.03. The Bertz CT molecular complexity index is 213. The fourth-order valence-electron chi connectivity index (χ4n) is 0.916. The third-order valence-corrected chi connectivity index (χ3v) is 4.26. The average molecular weight is 264 g/mol. The van der Waals surface area contributed by atoms with Gasteiger partial charge in [-0.3, -0.25) is 9.59 Å². The molecule has 0 bridgehead atoms. The normalized spacial score (nSPS) is 10.1. The van der Waals surface area contributed by atoms with E-state index in [1.807, 2.05) is 6.92 Å². The van der Waals surface area contributed by atoms with Gasteiger partial charge < -0.3 is 11.1 Å². The first kappa shape index (κ1) is 15.8. The minimum absolute atomic E-state index is 0.0359. The van der Waals surface area contributed by atoms with Crippen LogP contribution in [0.1, 0.15) is 26.2 Å². The molecular formula is C10H20N2O2S2. The first-order valence-electron chi connectivity index (χ1n) is 5.43. The van der Waals surface area contributed by atoms with E-state index in [9.17, 15) is 9.59 Å². The summed E-state index contributed by atoms with van der Waals surface area (Å²) in [5, 5.41) is 2.78. The zero-order valence-electron chi connectivity index (χ0n) is 9.66. The molecule has 0 aromatic rings. The number of hydrogen-bond donors (Lipinski definition) is 2.